The van der Waals surface area contributed by atoms with Gasteiger partial charge in [0.05, 0.1) is 31.9 Å². The lowest BCUT2D eigenvalue weighted by molar-refractivity contribution is -0.140. The molecule has 0 aromatic heterocycles. The fourth-order valence-electron chi connectivity index (χ4n) is 4.51. The molecule has 10 nitrogen and oxygen atoms in total. The fraction of sp³-hybridized carbons (Fsp3) is 0.375. The topological polar surface area (TPSA) is 114 Å². The number of nitrogens with zero attached hydrogens (tertiary/aromatic N) is 2. The Bertz CT molecular complexity index is 1460. The van der Waals surface area contributed by atoms with Gasteiger partial charge in [0, 0.05) is 18.7 Å². The minimum absolute atomic E-state index is 0.00377. The van der Waals surface area contributed by atoms with Crippen molar-refractivity contribution < 1.29 is 32.2 Å². The first-order valence-corrected chi connectivity index (χ1v) is 15.6. The predicted molar refractivity (Wildman–Crippen MR) is 166 cm³/mol. The lowest BCUT2D eigenvalue weighted by Crippen LogP contribution is -2.53. The summed E-state index contributed by atoms with van der Waals surface area (Å²) in [5, 5.41) is 2.97. The Morgan fingerprint density at radius 1 is 0.837 bits per heavy atom. The largest absolute Gasteiger partial charge is 0.497 e. The van der Waals surface area contributed by atoms with Crippen molar-refractivity contribution in [2.45, 2.75) is 57.1 Å². The Morgan fingerprint density at radius 3 is 2.02 bits per heavy atom. The second-order valence-electron chi connectivity index (χ2n) is 9.97. The van der Waals surface area contributed by atoms with Gasteiger partial charge in [0.25, 0.3) is 10.0 Å². The van der Waals surface area contributed by atoms with E-state index < -0.39 is 28.5 Å². The van der Waals surface area contributed by atoms with E-state index in [1.54, 1.807) is 49.6 Å². The van der Waals surface area contributed by atoms with E-state index in [1.807, 2.05) is 32.9 Å². The number of ether oxygens (including phenoxy) is 3. The van der Waals surface area contributed by atoms with Gasteiger partial charge in [-0.25, -0.2) is 8.42 Å². The van der Waals surface area contributed by atoms with Crippen molar-refractivity contribution in [1.82, 2.24) is 10.2 Å². The number of benzene rings is 3. The Hall–Kier alpha value is -4.25. The molecule has 0 aliphatic carbocycles. The van der Waals surface area contributed by atoms with E-state index in [1.165, 1.54) is 37.3 Å². The summed E-state index contributed by atoms with van der Waals surface area (Å²) >= 11 is 0. The number of nitrogens with one attached hydrogen (secondary N) is 1. The van der Waals surface area contributed by atoms with Crippen LogP contribution in [-0.4, -0.2) is 65.1 Å². The normalized spacial score (nSPS) is 12.5. The standard InChI is InChI=1S/C32H41N3O7S/c1-7-23(3)33-32(37)28(8-2)34(21-24-14-16-25(40-4)17-15-24)31(36)22-35(43(38,39)27-12-10-9-11-13-27)29-20-26(41-5)18-19-30(29)42-6/h9-20,23,28H,7-8,21-22H2,1-6H3,(H,33,37). The second-order valence-corrected chi connectivity index (χ2v) is 11.8. The smallest absolute Gasteiger partial charge is 0.264 e. The number of carbonyl (C=O) groups is 2. The summed E-state index contributed by atoms with van der Waals surface area (Å²) in [5.74, 6) is 0.386. The number of sulfonamides is 1. The quantitative estimate of drug-likeness (QED) is 0.267. The molecule has 0 radical (unpaired) electrons. The van der Waals surface area contributed by atoms with Crippen LogP contribution >= 0.6 is 0 Å². The molecule has 2 amide bonds. The van der Waals surface area contributed by atoms with Crippen molar-refractivity contribution in [3.05, 3.63) is 78.4 Å². The van der Waals surface area contributed by atoms with Gasteiger partial charge in [-0.05, 0) is 61.7 Å². The molecule has 0 aliphatic heterocycles. The monoisotopic (exact) mass is 611 g/mol. The third-order valence-electron chi connectivity index (χ3n) is 7.16. The minimum atomic E-state index is -4.26. The molecule has 2 atom stereocenters. The van der Waals surface area contributed by atoms with Crippen molar-refractivity contribution in [2.75, 3.05) is 32.2 Å². The number of carbonyl (C=O) groups excluding carboxylic acids is 2. The molecule has 3 aromatic carbocycles. The van der Waals surface area contributed by atoms with E-state index in [-0.39, 0.29) is 34.8 Å². The van der Waals surface area contributed by atoms with Crippen LogP contribution in [0.4, 0.5) is 5.69 Å². The van der Waals surface area contributed by atoms with Gasteiger partial charge in [-0.1, -0.05) is 44.2 Å². The predicted octanol–water partition coefficient (Wildman–Crippen LogP) is 4.63. The Kier molecular flexibility index (Phi) is 11.8. The summed E-state index contributed by atoms with van der Waals surface area (Å²) in [4.78, 5) is 29.2. The maximum atomic E-state index is 14.3. The Balaban J connectivity index is 2.13. The van der Waals surface area contributed by atoms with Crippen molar-refractivity contribution in [3.8, 4) is 17.2 Å². The van der Waals surface area contributed by atoms with Crippen LogP contribution in [0.15, 0.2) is 77.7 Å². The highest BCUT2D eigenvalue weighted by atomic mass is 32.2. The molecule has 0 heterocycles. The average molecular weight is 612 g/mol. The number of hydrogen-bond donors (Lipinski definition) is 1. The first kappa shape index (κ1) is 33.3. The number of rotatable bonds is 15. The SMILES string of the molecule is CCC(C)NC(=O)C(CC)N(Cc1ccc(OC)cc1)C(=O)CN(c1cc(OC)ccc1OC)S(=O)(=O)c1ccccc1. The lowest BCUT2D eigenvalue weighted by Gasteiger charge is -2.34. The second kappa shape index (κ2) is 15.3. The maximum Gasteiger partial charge on any atom is 0.264 e. The third-order valence-corrected chi connectivity index (χ3v) is 8.94. The fourth-order valence-corrected chi connectivity index (χ4v) is 5.95. The van der Waals surface area contributed by atoms with Gasteiger partial charge < -0.3 is 24.4 Å². The number of amides is 2. The molecule has 43 heavy (non-hydrogen) atoms. The Morgan fingerprint density at radius 2 is 1.47 bits per heavy atom. The molecule has 11 heteroatoms. The average Bonchev–Trinajstić information content (AvgIpc) is 3.03. The van der Waals surface area contributed by atoms with Gasteiger partial charge in [-0.15, -0.1) is 0 Å². The number of methoxy groups -OCH3 is 3. The van der Waals surface area contributed by atoms with E-state index in [2.05, 4.69) is 5.32 Å². The van der Waals surface area contributed by atoms with Gasteiger partial charge in [-0.3, -0.25) is 13.9 Å². The first-order chi connectivity index (χ1) is 20.6. The van der Waals surface area contributed by atoms with Crippen molar-refractivity contribution in [1.29, 1.82) is 0 Å². The summed E-state index contributed by atoms with van der Waals surface area (Å²) in [7, 11) is 0.180. The van der Waals surface area contributed by atoms with E-state index in [9.17, 15) is 18.0 Å². The zero-order chi connectivity index (χ0) is 31.6. The third kappa shape index (κ3) is 8.19. The van der Waals surface area contributed by atoms with Gasteiger partial charge in [0.1, 0.15) is 29.8 Å². The van der Waals surface area contributed by atoms with Crippen LogP contribution in [0.1, 0.15) is 39.2 Å². The van der Waals surface area contributed by atoms with Crippen LogP contribution < -0.4 is 23.8 Å². The van der Waals surface area contributed by atoms with Gasteiger partial charge in [0.2, 0.25) is 11.8 Å². The Labute approximate surface area is 254 Å². The van der Waals surface area contributed by atoms with Crippen LogP contribution in [0.5, 0.6) is 17.2 Å². The van der Waals surface area contributed by atoms with Crippen LogP contribution in [0.3, 0.4) is 0 Å². The van der Waals surface area contributed by atoms with Gasteiger partial charge in [-0.2, -0.15) is 0 Å². The highest BCUT2D eigenvalue weighted by Crippen LogP contribution is 2.36. The van der Waals surface area contributed by atoms with Crippen LogP contribution in [0.25, 0.3) is 0 Å². The highest BCUT2D eigenvalue weighted by molar-refractivity contribution is 7.92. The van der Waals surface area contributed by atoms with Crippen molar-refractivity contribution in [3.63, 3.8) is 0 Å². The molecule has 2 unspecified atom stereocenters. The molecule has 0 bridgehead atoms. The zero-order valence-corrected chi connectivity index (χ0v) is 26.4. The van der Waals surface area contributed by atoms with Crippen LogP contribution in [-0.2, 0) is 26.2 Å². The minimum Gasteiger partial charge on any atom is -0.497 e. The molecule has 3 aromatic rings. The molecular formula is C32H41N3O7S. The first-order valence-electron chi connectivity index (χ1n) is 14.1. The van der Waals surface area contributed by atoms with Gasteiger partial charge in [0.15, 0.2) is 0 Å². The molecule has 232 valence electrons. The molecule has 0 saturated heterocycles. The van der Waals surface area contributed by atoms with E-state index in [0.29, 0.717) is 24.3 Å². The molecule has 0 aliphatic rings. The summed E-state index contributed by atoms with van der Waals surface area (Å²) in [6.45, 7) is 5.15. The number of hydrogen-bond acceptors (Lipinski definition) is 7. The van der Waals surface area contributed by atoms with E-state index in [4.69, 9.17) is 14.2 Å². The summed E-state index contributed by atoms with van der Waals surface area (Å²) < 4.78 is 45.4. The zero-order valence-electron chi connectivity index (χ0n) is 25.6. The van der Waals surface area contributed by atoms with E-state index >= 15 is 0 Å². The van der Waals surface area contributed by atoms with Crippen LogP contribution in [0, 0.1) is 0 Å². The maximum absolute atomic E-state index is 14.3. The van der Waals surface area contributed by atoms with Crippen molar-refractivity contribution in [2.24, 2.45) is 0 Å². The molecule has 3 rings (SSSR count). The van der Waals surface area contributed by atoms with Gasteiger partial charge >= 0.3 is 0 Å². The molecule has 0 fully saturated rings. The molecule has 0 saturated carbocycles. The van der Waals surface area contributed by atoms with Crippen LogP contribution in [0.2, 0.25) is 0 Å². The molecule has 1 N–H and O–H groups in total. The highest BCUT2D eigenvalue weighted by Gasteiger charge is 2.35. The summed E-state index contributed by atoms with van der Waals surface area (Å²) in [6, 6.07) is 18.8. The number of anilines is 1. The molecule has 0 spiro atoms. The molecular weight excluding hydrogens is 570 g/mol. The summed E-state index contributed by atoms with van der Waals surface area (Å²) in [6.07, 6.45) is 1.03. The van der Waals surface area contributed by atoms with E-state index in [0.717, 1.165) is 9.87 Å². The summed E-state index contributed by atoms with van der Waals surface area (Å²) in [5.41, 5.74) is 0.876. The lowest BCUT2D eigenvalue weighted by atomic mass is 10.1. The van der Waals surface area contributed by atoms with Crippen molar-refractivity contribution >= 4 is 27.5 Å².